The van der Waals surface area contributed by atoms with E-state index in [9.17, 15) is 0 Å². The van der Waals surface area contributed by atoms with Crippen molar-refractivity contribution < 1.29 is 0 Å². The van der Waals surface area contributed by atoms with E-state index in [0.717, 1.165) is 53.5 Å². The Morgan fingerprint density at radius 2 is 2.12 bits per heavy atom. The first kappa shape index (κ1) is 17.0. The molecule has 2 aromatic heterocycles. The fourth-order valence-electron chi connectivity index (χ4n) is 2.94. The summed E-state index contributed by atoms with van der Waals surface area (Å²) in [6.07, 6.45) is 1.96. The summed E-state index contributed by atoms with van der Waals surface area (Å²) in [4.78, 5) is 7.93. The Labute approximate surface area is 147 Å². The molecular formula is C18H24ClN5. The Kier molecular flexibility index (Phi) is 5.21. The molecule has 6 heteroatoms. The second-order valence-electron chi connectivity index (χ2n) is 6.41. The Balaban J connectivity index is 1.45. The predicted molar refractivity (Wildman–Crippen MR) is 98.6 cm³/mol. The molecule has 3 aromatic rings. The second kappa shape index (κ2) is 7.36. The Morgan fingerprint density at radius 3 is 2.88 bits per heavy atom. The van der Waals surface area contributed by atoms with E-state index >= 15 is 0 Å². The van der Waals surface area contributed by atoms with Gasteiger partial charge in [-0.05, 0) is 58.0 Å². The van der Waals surface area contributed by atoms with Crippen LogP contribution in [0.1, 0.15) is 30.6 Å². The van der Waals surface area contributed by atoms with E-state index in [0.29, 0.717) is 6.04 Å². The van der Waals surface area contributed by atoms with Crippen molar-refractivity contribution in [3.63, 3.8) is 0 Å². The molecule has 0 bridgehead atoms. The van der Waals surface area contributed by atoms with Crippen LogP contribution in [-0.2, 0) is 13.0 Å². The highest BCUT2D eigenvalue weighted by Gasteiger charge is 2.07. The summed E-state index contributed by atoms with van der Waals surface area (Å²) < 4.78 is 2.07. The molecule has 5 nitrogen and oxygen atoms in total. The number of imidazole rings is 1. The number of nitrogens with one attached hydrogen (secondary N) is 2. The molecular weight excluding hydrogens is 322 g/mol. The average Bonchev–Trinajstić information content (AvgIpc) is 3.06. The Bertz CT molecular complexity index is 820. The Morgan fingerprint density at radius 1 is 1.29 bits per heavy atom. The zero-order chi connectivity index (χ0) is 17.1. The molecule has 2 N–H and O–H groups in total. The molecule has 0 fully saturated rings. The van der Waals surface area contributed by atoms with Gasteiger partial charge in [0.25, 0.3) is 0 Å². The molecule has 0 amide bonds. The van der Waals surface area contributed by atoms with E-state index < -0.39 is 0 Å². The third-order valence-electron chi connectivity index (χ3n) is 4.13. The first-order valence-electron chi connectivity index (χ1n) is 8.40. The van der Waals surface area contributed by atoms with E-state index in [1.165, 1.54) is 5.69 Å². The standard InChI is InChI=1S/C18H24ClN5/c1-12-9-14(3)24(23-12)11-13(2)20-8-4-5-18-21-16-7-6-15(19)10-17(16)22-18/h6-7,9-10,13,20H,4-5,8,11H2,1-3H3,(H,21,22). The van der Waals surface area contributed by atoms with Gasteiger partial charge in [0.15, 0.2) is 0 Å². The van der Waals surface area contributed by atoms with Crippen LogP contribution in [0.2, 0.25) is 5.02 Å². The maximum Gasteiger partial charge on any atom is 0.107 e. The SMILES string of the molecule is Cc1cc(C)n(CC(C)NCCCc2nc3ccc(Cl)cc3[nH]2)n1. The van der Waals surface area contributed by atoms with Crippen LogP contribution in [0.4, 0.5) is 0 Å². The molecule has 2 heterocycles. The quantitative estimate of drug-likeness (QED) is 0.643. The normalized spacial score (nSPS) is 12.8. The largest absolute Gasteiger partial charge is 0.342 e. The van der Waals surface area contributed by atoms with Crippen molar-refractivity contribution in [1.82, 2.24) is 25.1 Å². The lowest BCUT2D eigenvalue weighted by atomic mass is 10.2. The van der Waals surface area contributed by atoms with Gasteiger partial charge in [-0.15, -0.1) is 0 Å². The highest BCUT2D eigenvalue weighted by atomic mass is 35.5. The van der Waals surface area contributed by atoms with Gasteiger partial charge in [-0.2, -0.15) is 5.10 Å². The number of hydrogen-bond acceptors (Lipinski definition) is 3. The minimum absolute atomic E-state index is 0.387. The van der Waals surface area contributed by atoms with Gasteiger partial charge in [-0.25, -0.2) is 4.98 Å². The molecule has 0 saturated heterocycles. The number of hydrogen-bond donors (Lipinski definition) is 2. The third kappa shape index (κ3) is 4.16. The predicted octanol–water partition coefficient (Wildman–Crippen LogP) is 3.64. The minimum Gasteiger partial charge on any atom is -0.342 e. The minimum atomic E-state index is 0.387. The number of benzene rings is 1. The number of H-pyrrole nitrogens is 1. The van der Waals surface area contributed by atoms with Crippen LogP contribution in [0.15, 0.2) is 24.3 Å². The Hall–Kier alpha value is -1.85. The second-order valence-corrected chi connectivity index (χ2v) is 6.85. The first-order chi connectivity index (χ1) is 11.5. The molecule has 0 radical (unpaired) electrons. The first-order valence-corrected chi connectivity index (χ1v) is 8.77. The van der Waals surface area contributed by atoms with Gasteiger partial charge in [0, 0.05) is 23.2 Å². The zero-order valence-corrected chi connectivity index (χ0v) is 15.2. The maximum atomic E-state index is 6.00. The maximum absolute atomic E-state index is 6.00. The molecule has 1 atom stereocenters. The van der Waals surface area contributed by atoms with E-state index in [2.05, 4.69) is 45.0 Å². The van der Waals surface area contributed by atoms with E-state index in [4.69, 9.17) is 11.6 Å². The smallest absolute Gasteiger partial charge is 0.107 e. The number of aryl methyl sites for hydroxylation is 3. The van der Waals surface area contributed by atoms with Gasteiger partial charge in [0.1, 0.15) is 5.82 Å². The van der Waals surface area contributed by atoms with Crippen LogP contribution < -0.4 is 5.32 Å². The van der Waals surface area contributed by atoms with Crippen LogP contribution in [-0.4, -0.2) is 32.3 Å². The van der Waals surface area contributed by atoms with Crippen molar-refractivity contribution in [1.29, 1.82) is 0 Å². The van der Waals surface area contributed by atoms with Crippen LogP contribution in [0.25, 0.3) is 11.0 Å². The third-order valence-corrected chi connectivity index (χ3v) is 4.36. The van der Waals surface area contributed by atoms with Crippen LogP contribution >= 0.6 is 11.6 Å². The van der Waals surface area contributed by atoms with Crippen molar-refractivity contribution >= 4 is 22.6 Å². The molecule has 1 unspecified atom stereocenters. The van der Waals surface area contributed by atoms with Crippen molar-refractivity contribution in [3.05, 3.63) is 46.5 Å². The number of nitrogens with zero attached hydrogens (tertiary/aromatic N) is 3. The van der Waals surface area contributed by atoms with Crippen LogP contribution in [0.5, 0.6) is 0 Å². The van der Waals surface area contributed by atoms with Crippen LogP contribution in [0.3, 0.4) is 0 Å². The number of fused-ring (bicyclic) bond motifs is 1. The molecule has 24 heavy (non-hydrogen) atoms. The summed E-state index contributed by atoms with van der Waals surface area (Å²) >= 11 is 6.00. The summed E-state index contributed by atoms with van der Waals surface area (Å²) in [7, 11) is 0. The summed E-state index contributed by atoms with van der Waals surface area (Å²) in [6, 6.07) is 8.24. The number of halogens is 1. The summed E-state index contributed by atoms with van der Waals surface area (Å²) in [5.74, 6) is 1.01. The van der Waals surface area contributed by atoms with Crippen molar-refractivity contribution in [3.8, 4) is 0 Å². The average molecular weight is 346 g/mol. The molecule has 1 aromatic carbocycles. The van der Waals surface area contributed by atoms with Crippen molar-refractivity contribution in [2.24, 2.45) is 0 Å². The molecule has 0 saturated carbocycles. The van der Waals surface area contributed by atoms with Gasteiger partial charge in [-0.1, -0.05) is 11.6 Å². The number of aromatic nitrogens is 4. The molecule has 0 spiro atoms. The molecule has 0 aliphatic heterocycles. The van der Waals surface area contributed by atoms with Gasteiger partial charge in [0.05, 0.1) is 23.3 Å². The van der Waals surface area contributed by atoms with E-state index in [-0.39, 0.29) is 0 Å². The molecule has 128 valence electrons. The fraction of sp³-hybridized carbons (Fsp3) is 0.444. The van der Waals surface area contributed by atoms with Crippen molar-refractivity contribution in [2.75, 3.05) is 6.54 Å². The number of rotatable bonds is 7. The lowest BCUT2D eigenvalue weighted by Gasteiger charge is -2.14. The van der Waals surface area contributed by atoms with Gasteiger partial charge in [-0.3, -0.25) is 4.68 Å². The highest BCUT2D eigenvalue weighted by Crippen LogP contribution is 2.17. The number of aromatic amines is 1. The van der Waals surface area contributed by atoms with E-state index in [1.54, 1.807) is 0 Å². The van der Waals surface area contributed by atoms with Gasteiger partial charge >= 0.3 is 0 Å². The lowest BCUT2D eigenvalue weighted by Crippen LogP contribution is -2.32. The van der Waals surface area contributed by atoms with Gasteiger partial charge < -0.3 is 10.3 Å². The summed E-state index contributed by atoms with van der Waals surface area (Å²) in [6.45, 7) is 8.17. The zero-order valence-electron chi connectivity index (χ0n) is 14.4. The topological polar surface area (TPSA) is 58.5 Å². The van der Waals surface area contributed by atoms with Crippen LogP contribution in [0, 0.1) is 13.8 Å². The van der Waals surface area contributed by atoms with E-state index in [1.807, 2.05) is 25.1 Å². The monoisotopic (exact) mass is 345 g/mol. The van der Waals surface area contributed by atoms with Gasteiger partial charge in [0.2, 0.25) is 0 Å². The molecule has 3 rings (SSSR count). The summed E-state index contributed by atoms with van der Waals surface area (Å²) in [5, 5.41) is 8.80. The molecule has 0 aliphatic rings. The summed E-state index contributed by atoms with van der Waals surface area (Å²) in [5.41, 5.74) is 4.26. The molecule has 0 aliphatic carbocycles. The van der Waals surface area contributed by atoms with Crippen molar-refractivity contribution in [2.45, 2.75) is 46.2 Å². The fourth-order valence-corrected chi connectivity index (χ4v) is 3.11. The highest BCUT2D eigenvalue weighted by molar-refractivity contribution is 6.31. The lowest BCUT2D eigenvalue weighted by molar-refractivity contribution is 0.441.